The number of nitrogens with zero attached hydrogens (tertiary/aromatic N) is 1. The van der Waals surface area contributed by atoms with Crippen LogP contribution in [0.25, 0.3) is 0 Å². The Labute approximate surface area is 116 Å². The van der Waals surface area contributed by atoms with Crippen molar-refractivity contribution in [3.8, 4) is 0 Å². The number of benzene rings is 2. The SMILES string of the molecule is CN(C)CCC(C)(c1ccccc1)c1ccccc1. The maximum absolute atomic E-state index is 2.35. The number of rotatable bonds is 5. The Balaban J connectivity index is 2.39. The third-order valence-electron chi connectivity index (χ3n) is 3.88. The van der Waals surface area contributed by atoms with Crippen LogP contribution < -0.4 is 0 Å². The van der Waals surface area contributed by atoms with E-state index in [0.29, 0.717) is 0 Å². The van der Waals surface area contributed by atoms with Gasteiger partial charge in [0.25, 0.3) is 0 Å². The van der Waals surface area contributed by atoms with Crippen molar-refractivity contribution >= 4 is 0 Å². The van der Waals surface area contributed by atoms with E-state index in [2.05, 4.69) is 86.6 Å². The minimum Gasteiger partial charge on any atom is -0.309 e. The van der Waals surface area contributed by atoms with Gasteiger partial charge in [0.15, 0.2) is 0 Å². The van der Waals surface area contributed by atoms with Gasteiger partial charge in [-0.1, -0.05) is 67.6 Å². The molecule has 0 saturated carbocycles. The van der Waals surface area contributed by atoms with Crippen molar-refractivity contribution in [3.63, 3.8) is 0 Å². The summed E-state index contributed by atoms with van der Waals surface area (Å²) in [5, 5.41) is 0. The van der Waals surface area contributed by atoms with Gasteiger partial charge in [-0.3, -0.25) is 0 Å². The van der Waals surface area contributed by atoms with Gasteiger partial charge < -0.3 is 4.90 Å². The molecule has 0 atom stereocenters. The summed E-state index contributed by atoms with van der Waals surface area (Å²) < 4.78 is 0. The summed E-state index contributed by atoms with van der Waals surface area (Å²) in [6, 6.07) is 21.6. The Morgan fingerprint density at radius 3 is 1.58 bits per heavy atom. The van der Waals surface area contributed by atoms with Gasteiger partial charge in [-0.25, -0.2) is 0 Å². The molecule has 100 valence electrons. The minimum atomic E-state index is 0.0762. The fourth-order valence-electron chi connectivity index (χ4n) is 2.51. The van der Waals surface area contributed by atoms with Crippen LogP contribution >= 0.6 is 0 Å². The lowest BCUT2D eigenvalue weighted by Gasteiger charge is -2.32. The highest BCUT2D eigenvalue weighted by molar-refractivity contribution is 5.38. The molecule has 2 rings (SSSR count). The van der Waals surface area contributed by atoms with Crippen molar-refractivity contribution in [1.29, 1.82) is 0 Å². The Morgan fingerprint density at radius 1 is 0.789 bits per heavy atom. The summed E-state index contributed by atoms with van der Waals surface area (Å²) in [6.07, 6.45) is 1.12. The third-order valence-corrected chi connectivity index (χ3v) is 3.88. The molecule has 0 saturated heterocycles. The first-order valence-electron chi connectivity index (χ1n) is 6.89. The average molecular weight is 253 g/mol. The van der Waals surface area contributed by atoms with Crippen LogP contribution in [0.4, 0.5) is 0 Å². The molecule has 0 aliphatic carbocycles. The van der Waals surface area contributed by atoms with Gasteiger partial charge in [-0.15, -0.1) is 0 Å². The molecule has 0 fully saturated rings. The molecule has 0 aromatic heterocycles. The zero-order valence-corrected chi connectivity index (χ0v) is 12.1. The number of hydrogen-bond acceptors (Lipinski definition) is 1. The molecule has 1 heteroatoms. The molecule has 1 nitrogen and oxygen atoms in total. The van der Waals surface area contributed by atoms with Gasteiger partial charge >= 0.3 is 0 Å². The molecule has 2 aromatic rings. The zero-order valence-electron chi connectivity index (χ0n) is 12.1. The quantitative estimate of drug-likeness (QED) is 0.780. The highest BCUT2D eigenvalue weighted by atomic mass is 15.0. The van der Waals surface area contributed by atoms with Crippen LogP contribution in [-0.2, 0) is 5.41 Å². The Morgan fingerprint density at radius 2 is 1.21 bits per heavy atom. The fourth-order valence-corrected chi connectivity index (χ4v) is 2.51. The van der Waals surface area contributed by atoms with Crippen LogP contribution in [-0.4, -0.2) is 25.5 Å². The smallest absolute Gasteiger partial charge is 0.0186 e. The van der Waals surface area contributed by atoms with Crippen LogP contribution in [0.1, 0.15) is 24.5 Å². The average Bonchev–Trinajstić information content (AvgIpc) is 2.46. The van der Waals surface area contributed by atoms with Crippen molar-refractivity contribution in [2.45, 2.75) is 18.8 Å². The molecular weight excluding hydrogens is 230 g/mol. The molecule has 0 amide bonds. The van der Waals surface area contributed by atoms with E-state index in [4.69, 9.17) is 0 Å². The van der Waals surface area contributed by atoms with Crippen molar-refractivity contribution in [3.05, 3.63) is 71.8 Å². The van der Waals surface area contributed by atoms with Gasteiger partial charge in [0, 0.05) is 5.41 Å². The van der Waals surface area contributed by atoms with Crippen LogP contribution in [0.15, 0.2) is 60.7 Å². The highest BCUT2D eigenvalue weighted by Gasteiger charge is 2.28. The van der Waals surface area contributed by atoms with Gasteiger partial charge in [0.05, 0.1) is 0 Å². The first-order valence-corrected chi connectivity index (χ1v) is 6.89. The van der Waals surface area contributed by atoms with E-state index in [0.717, 1.165) is 13.0 Å². The van der Waals surface area contributed by atoms with E-state index in [9.17, 15) is 0 Å². The maximum atomic E-state index is 2.35. The molecule has 0 heterocycles. The number of hydrogen-bond donors (Lipinski definition) is 0. The van der Waals surface area contributed by atoms with Crippen LogP contribution in [0.2, 0.25) is 0 Å². The van der Waals surface area contributed by atoms with Crippen LogP contribution in [0.5, 0.6) is 0 Å². The van der Waals surface area contributed by atoms with Crippen molar-refractivity contribution < 1.29 is 0 Å². The Kier molecular flexibility index (Phi) is 4.39. The minimum absolute atomic E-state index is 0.0762. The molecule has 19 heavy (non-hydrogen) atoms. The summed E-state index contributed by atoms with van der Waals surface area (Å²) in [5.74, 6) is 0. The highest BCUT2D eigenvalue weighted by Crippen LogP contribution is 2.35. The van der Waals surface area contributed by atoms with Crippen molar-refractivity contribution in [2.75, 3.05) is 20.6 Å². The van der Waals surface area contributed by atoms with Crippen LogP contribution in [0.3, 0.4) is 0 Å². The van der Waals surface area contributed by atoms with Gasteiger partial charge in [0.2, 0.25) is 0 Å². The third kappa shape index (κ3) is 3.24. The van der Waals surface area contributed by atoms with E-state index in [1.165, 1.54) is 11.1 Å². The molecule has 2 aromatic carbocycles. The summed E-state index contributed by atoms with van der Waals surface area (Å²) in [6.45, 7) is 3.43. The summed E-state index contributed by atoms with van der Waals surface area (Å²) in [4.78, 5) is 2.25. The second-order valence-corrected chi connectivity index (χ2v) is 5.62. The van der Waals surface area contributed by atoms with E-state index < -0.39 is 0 Å². The zero-order chi connectivity index (χ0) is 13.7. The van der Waals surface area contributed by atoms with Gasteiger partial charge in [-0.2, -0.15) is 0 Å². The Bertz CT molecular complexity index is 448. The molecule has 0 unspecified atom stereocenters. The van der Waals surface area contributed by atoms with Crippen LogP contribution in [0, 0.1) is 0 Å². The fraction of sp³-hybridized carbons (Fsp3) is 0.333. The predicted octanol–water partition coefficient (Wildman–Crippen LogP) is 3.94. The molecule has 0 spiro atoms. The molecule has 0 radical (unpaired) electrons. The topological polar surface area (TPSA) is 3.24 Å². The van der Waals surface area contributed by atoms with E-state index in [-0.39, 0.29) is 5.41 Å². The summed E-state index contributed by atoms with van der Waals surface area (Å²) in [7, 11) is 4.27. The second kappa shape index (κ2) is 6.03. The second-order valence-electron chi connectivity index (χ2n) is 5.62. The van der Waals surface area contributed by atoms with Gasteiger partial charge in [0.1, 0.15) is 0 Å². The largest absolute Gasteiger partial charge is 0.309 e. The molecule has 0 aliphatic heterocycles. The van der Waals surface area contributed by atoms with E-state index in [1.54, 1.807) is 0 Å². The first kappa shape index (κ1) is 13.8. The van der Waals surface area contributed by atoms with Gasteiger partial charge in [-0.05, 0) is 38.2 Å². The van der Waals surface area contributed by atoms with E-state index >= 15 is 0 Å². The van der Waals surface area contributed by atoms with Crippen molar-refractivity contribution in [1.82, 2.24) is 4.90 Å². The molecule has 0 aliphatic rings. The van der Waals surface area contributed by atoms with Crippen molar-refractivity contribution in [2.24, 2.45) is 0 Å². The lowest BCUT2D eigenvalue weighted by Crippen LogP contribution is -2.29. The monoisotopic (exact) mass is 253 g/mol. The summed E-state index contributed by atoms with van der Waals surface area (Å²) in [5.41, 5.74) is 2.86. The predicted molar refractivity (Wildman–Crippen MR) is 82.5 cm³/mol. The lowest BCUT2D eigenvalue weighted by molar-refractivity contribution is 0.355. The molecule has 0 N–H and O–H groups in total. The molecule has 0 bridgehead atoms. The van der Waals surface area contributed by atoms with E-state index in [1.807, 2.05) is 0 Å². The maximum Gasteiger partial charge on any atom is 0.0186 e. The Hall–Kier alpha value is -1.60. The normalized spacial score (nSPS) is 11.8. The lowest BCUT2D eigenvalue weighted by atomic mass is 9.74. The standard InChI is InChI=1S/C18H23N/c1-18(14-15-19(2)3,16-10-6-4-7-11-16)17-12-8-5-9-13-17/h4-13H,14-15H2,1-3H3. The summed E-state index contributed by atoms with van der Waals surface area (Å²) >= 11 is 0. The molecular formula is C18H23N. The first-order chi connectivity index (χ1) is 9.13.